The lowest BCUT2D eigenvalue weighted by atomic mass is 9.77. The van der Waals surface area contributed by atoms with Crippen molar-refractivity contribution in [2.75, 3.05) is 5.32 Å². The number of carboxylic acids is 1. The van der Waals surface area contributed by atoms with E-state index in [1.807, 2.05) is 24.3 Å². The molecule has 20 heavy (non-hydrogen) atoms. The van der Waals surface area contributed by atoms with E-state index < -0.39 is 5.97 Å². The zero-order valence-corrected chi connectivity index (χ0v) is 10.7. The Morgan fingerprint density at radius 3 is 2.50 bits per heavy atom. The highest BCUT2D eigenvalue weighted by molar-refractivity contribution is 6.03. The standard InChI is InChI=1S/C16H13NO3/c18-15(13-9-10-5-1-2-6-11(10)13)17-14-8-4-3-7-12(14)16(19)20/h1-8,13H,9H2,(H,17,18)(H,19,20). The van der Waals surface area contributed by atoms with Crippen molar-refractivity contribution in [1.82, 2.24) is 0 Å². The lowest BCUT2D eigenvalue weighted by Gasteiger charge is -2.29. The molecule has 3 rings (SSSR count). The summed E-state index contributed by atoms with van der Waals surface area (Å²) in [5.74, 6) is -1.39. The molecule has 0 saturated carbocycles. The van der Waals surface area contributed by atoms with Gasteiger partial charge in [0.15, 0.2) is 0 Å². The van der Waals surface area contributed by atoms with Gasteiger partial charge in [0, 0.05) is 0 Å². The molecular formula is C16H13NO3. The predicted octanol–water partition coefficient (Wildman–Crippen LogP) is 2.66. The van der Waals surface area contributed by atoms with Gasteiger partial charge in [-0.05, 0) is 29.7 Å². The van der Waals surface area contributed by atoms with Crippen molar-refractivity contribution in [3.8, 4) is 0 Å². The minimum Gasteiger partial charge on any atom is -0.478 e. The number of anilines is 1. The summed E-state index contributed by atoms with van der Waals surface area (Å²) in [6.07, 6.45) is 0.706. The van der Waals surface area contributed by atoms with Gasteiger partial charge in [-0.15, -0.1) is 0 Å². The Labute approximate surface area is 116 Å². The Kier molecular flexibility index (Phi) is 2.99. The van der Waals surface area contributed by atoms with Gasteiger partial charge in [-0.2, -0.15) is 0 Å². The first-order valence-electron chi connectivity index (χ1n) is 6.38. The maximum Gasteiger partial charge on any atom is 0.337 e. The second kappa shape index (κ2) is 4.81. The normalized spacial score (nSPS) is 15.9. The molecule has 1 atom stereocenters. The van der Waals surface area contributed by atoms with E-state index in [1.54, 1.807) is 18.2 Å². The van der Waals surface area contributed by atoms with Crippen molar-refractivity contribution in [2.24, 2.45) is 0 Å². The second-order valence-electron chi connectivity index (χ2n) is 4.80. The first kappa shape index (κ1) is 12.4. The number of amides is 1. The third kappa shape index (κ3) is 2.05. The molecule has 2 aromatic carbocycles. The van der Waals surface area contributed by atoms with Gasteiger partial charge in [-0.1, -0.05) is 36.4 Å². The van der Waals surface area contributed by atoms with Crippen LogP contribution in [0.15, 0.2) is 48.5 Å². The first-order valence-corrected chi connectivity index (χ1v) is 6.38. The second-order valence-corrected chi connectivity index (χ2v) is 4.80. The number of rotatable bonds is 3. The Morgan fingerprint density at radius 1 is 1.05 bits per heavy atom. The number of carbonyl (C=O) groups is 2. The molecule has 4 heteroatoms. The van der Waals surface area contributed by atoms with Crippen LogP contribution in [0.25, 0.3) is 0 Å². The minimum absolute atomic E-state index is 0.105. The number of carboxylic acid groups (broad SMARTS) is 1. The maximum atomic E-state index is 12.2. The highest BCUT2D eigenvalue weighted by Gasteiger charge is 2.32. The average molecular weight is 267 g/mol. The van der Waals surface area contributed by atoms with Gasteiger partial charge in [0.05, 0.1) is 17.2 Å². The van der Waals surface area contributed by atoms with E-state index in [-0.39, 0.29) is 17.4 Å². The van der Waals surface area contributed by atoms with E-state index in [1.165, 1.54) is 11.6 Å². The Balaban J connectivity index is 1.80. The molecular weight excluding hydrogens is 254 g/mol. The third-order valence-electron chi connectivity index (χ3n) is 3.59. The van der Waals surface area contributed by atoms with Crippen LogP contribution in [0, 0.1) is 0 Å². The summed E-state index contributed by atoms with van der Waals surface area (Å²) in [7, 11) is 0. The molecule has 0 bridgehead atoms. The maximum absolute atomic E-state index is 12.2. The molecule has 2 N–H and O–H groups in total. The quantitative estimate of drug-likeness (QED) is 0.898. The third-order valence-corrected chi connectivity index (χ3v) is 3.59. The lowest BCUT2D eigenvalue weighted by Crippen LogP contribution is -2.30. The average Bonchev–Trinajstić information content (AvgIpc) is 2.40. The number of aromatic carboxylic acids is 1. The molecule has 1 amide bonds. The fourth-order valence-corrected chi connectivity index (χ4v) is 2.49. The summed E-state index contributed by atoms with van der Waals surface area (Å²) in [4.78, 5) is 23.3. The Hall–Kier alpha value is -2.62. The van der Waals surface area contributed by atoms with Gasteiger partial charge in [0.25, 0.3) is 0 Å². The fraction of sp³-hybridized carbons (Fsp3) is 0.125. The van der Waals surface area contributed by atoms with Gasteiger partial charge in [0.2, 0.25) is 5.91 Å². The number of nitrogens with one attached hydrogen (secondary N) is 1. The molecule has 2 aromatic rings. The van der Waals surface area contributed by atoms with Crippen molar-refractivity contribution in [3.63, 3.8) is 0 Å². The van der Waals surface area contributed by atoms with Crippen molar-refractivity contribution < 1.29 is 14.7 Å². The summed E-state index contributed by atoms with van der Waals surface area (Å²) in [6.45, 7) is 0. The molecule has 0 spiro atoms. The van der Waals surface area contributed by atoms with Gasteiger partial charge in [-0.25, -0.2) is 4.79 Å². The molecule has 0 fully saturated rings. The van der Waals surface area contributed by atoms with E-state index in [0.29, 0.717) is 12.1 Å². The topological polar surface area (TPSA) is 66.4 Å². The summed E-state index contributed by atoms with van der Waals surface area (Å²) in [5.41, 5.74) is 2.65. The summed E-state index contributed by atoms with van der Waals surface area (Å²) >= 11 is 0. The van der Waals surface area contributed by atoms with Gasteiger partial charge >= 0.3 is 5.97 Å². The van der Waals surface area contributed by atoms with Crippen molar-refractivity contribution in [1.29, 1.82) is 0 Å². The summed E-state index contributed by atoms with van der Waals surface area (Å²) in [6, 6.07) is 14.2. The Bertz CT molecular complexity index is 694. The highest BCUT2D eigenvalue weighted by atomic mass is 16.4. The number of fused-ring (bicyclic) bond motifs is 1. The van der Waals surface area contributed by atoms with Crippen LogP contribution in [-0.2, 0) is 11.2 Å². The van der Waals surface area contributed by atoms with Crippen LogP contribution in [-0.4, -0.2) is 17.0 Å². The van der Waals surface area contributed by atoms with Crippen molar-refractivity contribution in [2.45, 2.75) is 12.3 Å². The molecule has 4 nitrogen and oxygen atoms in total. The Morgan fingerprint density at radius 2 is 1.75 bits per heavy atom. The largest absolute Gasteiger partial charge is 0.478 e. The van der Waals surface area contributed by atoms with Crippen LogP contribution >= 0.6 is 0 Å². The summed E-state index contributed by atoms with van der Waals surface area (Å²) < 4.78 is 0. The zero-order valence-electron chi connectivity index (χ0n) is 10.7. The molecule has 1 aliphatic carbocycles. The van der Waals surface area contributed by atoms with Crippen LogP contribution in [0.4, 0.5) is 5.69 Å². The smallest absolute Gasteiger partial charge is 0.337 e. The number of para-hydroxylation sites is 1. The van der Waals surface area contributed by atoms with Gasteiger partial charge < -0.3 is 10.4 Å². The van der Waals surface area contributed by atoms with E-state index in [4.69, 9.17) is 5.11 Å². The number of benzene rings is 2. The van der Waals surface area contributed by atoms with Gasteiger partial charge in [0.1, 0.15) is 0 Å². The highest BCUT2D eigenvalue weighted by Crippen LogP contribution is 2.35. The van der Waals surface area contributed by atoms with Crippen molar-refractivity contribution in [3.05, 3.63) is 65.2 Å². The minimum atomic E-state index is -1.05. The van der Waals surface area contributed by atoms with Crippen LogP contribution in [0.2, 0.25) is 0 Å². The molecule has 1 unspecified atom stereocenters. The molecule has 1 aliphatic rings. The van der Waals surface area contributed by atoms with Crippen LogP contribution in [0.3, 0.4) is 0 Å². The van der Waals surface area contributed by atoms with Gasteiger partial charge in [-0.3, -0.25) is 4.79 Å². The zero-order chi connectivity index (χ0) is 14.1. The monoisotopic (exact) mass is 267 g/mol. The predicted molar refractivity (Wildman–Crippen MR) is 74.9 cm³/mol. The molecule has 0 heterocycles. The van der Waals surface area contributed by atoms with Crippen molar-refractivity contribution >= 4 is 17.6 Å². The first-order chi connectivity index (χ1) is 9.66. The van der Waals surface area contributed by atoms with Crippen LogP contribution < -0.4 is 5.32 Å². The van der Waals surface area contributed by atoms with E-state index >= 15 is 0 Å². The van der Waals surface area contributed by atoms with Crippen LogP contribution in [0.1, 0.15) is 27.4 Å². The molecule has 100 valence electrons. The fourth-order valence-electron chi connectivity index (χ4n) is 2.49. The SMILES string of the molecule is O=C(O)c1ccccc1NC(=O)C1Cc2ccccc21. The number of hydrogen-bond acceptors (Lipinski definition) is 2. The molecule has 0 saturated heterocycles. The van der Waals surface area contributed by atoms with E-state index in [2.05, 4.69) is 5.32 Å². The lowest BCUT2D eigenvalue weighted by molar-refractivity contribution is -0.118. The number of hydrogen-bond donors (Lipinski definition) is 2. The molecule has 0 aromatic heterocycles. The molecule has 0 aliphatic heterocycles. The number of carbonyl (C=O) groups excluding carboxylic acids is 1. The van der Waals surface area contributed by atoms with E-state index in [9.17, 15) is 9.59 Å². The van der Waals surface area contributed by atoms with E-state index in [0.717, 1.165) is 5.56 Å². The molecule has 0 radical (unpaired) electrons. The summed E-state index contributed by atoms with van der Waals surface area (Å²) in [5, 5.41) is 11.8. The van der Waals surface area contributed by atoms with Crippen LogP contribution in [0.5, 0.6) is 0 Å².